The van der Waals surface area contributed by atoms with E-state index < -0.39 is 0 Å². The highest BCUT2D eigenvalue weighted by molar-refractivity contribution is 5.70. The van der Waals surface area contributed by atoms with Crippen LogP contribution in [-0.4, -0.2) is 21.2 Å². The average Bonchev–Trinajstić information content (AvgIpc) is 3.22. The number of nitrogens with zero attached hydrogens (tertiary/aromatic N) is 1. The van der Waals surface area contributed by atoms with E-state index in [-0.39, 0.29) is 6.10 Å². The molecule has 6 atom stereocenters. The number of hydrogen-bond acceptors (Lipinski definition) is 2. The van der Waals surface area contributed by atoms with Crippen molar-refractivity contribution in [1.29, 1.82) is 0 Å². The second-order valence-electron chi connectivity index (χ2n) is 9.43. The monoisotopic (exact) mass is 338 g/mol. The molecule has 6 unspecified atom stereocenters. The molecule has 1 aromatic heterocycles. The van der Waals surface area contributed by atoms with E-state index in [1.807, 2.05) is 12.5 Å². The van der Waals surface area contributed by atoms with Gasteiger partial charge in [-0.2, -0.15) is 0 Å². The first-order valence-electron chi connectivity index (χ1n) is 10.1. The molecule has 4 aliphatic carbocycles. The Bertz CT molecular complexity index is 733. The van der Waals surface area contributed by atoms with Crippen LogP contribution in [-0.2, 0) is 0 Å². The minimum atomic E-state index is -0.107. The van der Waals surface area contributed by atoms with E-state index in [0.29, 0.717) is 10.8 Å². The summed E-state index contributed by atoms with van der Waals surface area (Å²) in [5.41, 5.74) is 4.93. The summed E-state index contributed by atoms with van der Waals surface area (Å²) >= 11 is 0. The number of imidazole rings is 1. The molecule has 0 aromatic carbocycles. The molecular formula is C22H30N2O. The fourth-order valence-corrected chi connectivity index (χ4v) is 7.03. The second kappa shape index (κ2) is 5.33. The topological polar surface area (TPSA) is 48.9 Å². The highest BCUT2D eigenvalue weighted by atomic mass is 16.3. The van der Waals surface area contributed by atoms with Crippen molar-refractivity contribution in [3.8, 4) is 0 Å². The van der Waals surface area contributed by atoms with Crippen molar-refractivity contribution < 1.29 is 5.11 Å². The summed E-state index contributed by atoms with van der Waals surface area (Å²) in [5.74, 6) is 2.35. The molecule has 25 heavy (non-hydrogen) atoms. The zero-order valence-electron chi connectivity index (χ0n) is 15.5. The van der Waals surface area contributed by atoms with Crippen molar-refractivity contribution in [2.24, 2.45) is 28.6 Å². The minimum absolute atomic E-state index is 0.107. The van der Waals surface area contributed by atoms with Gasteiger partial charge in [-0.15, -0.1) is 0 Å². The maximum atomic E-state index is 10.1. The molecule has 0 amide bonds. The maximum Gasteiger partial charge on any atom is 0.0924 e. The molecule has 2 N–H and O–H groups in total. The normalized spacial score (nSPS) is 45.9. The van der Waals surface area contributed by atoms with E-state index in [1.165, 1.54) is 43.4 Å². The molecule has 2 saturated carbocycles. The Morgan fingerprint density at radius 3 is 2.72 bits per heavy atom. The fourth-order valence-electron chi connectivity index (χ4n) is 7.03. The van der Waals surface area contributed by atoms with Crippen molar-refractivity contribution in [3.05, 3.63) is 35.9 Å². The van der Waals surface area contributed by atoms with Crippen LogP contribution >= 0.6 is 0 Å². The molecule has 134 valence electrons. The van der Waals surface area contributed by atoms with Gasteiger partial charge in [-0.1, -0.05) is 31.6 Å². The number of H-pyrrole nitrogens is 1. The first kappa shape index (κ1) is 15.9. The Morgan fingerprint density at radius 1 is 1.08 bits per heavy atom. The summed E-state index contributed by atoms with van der Waals surface area (Å²) in [6.07, 6.45) is 16.8. The van der Waals surface area contributed by atoms with Crippen LogP contribution < -0.4 is 0 Å². The lowest BCUT2D eigenvalue weighted by molar-refractivity contribution is -0.0238. The van der Waals surface area contributed by atoms with E-state index in [0.717, 1.165) is 30.6 Å². The van der Waals surface area contributed by atoms with Crippen LogP contribution in [0.15, 0.2) is 30.2 Å². The van der Waals surface area contributed by atoms with E-state index in [1.54, 1.807) is 5.57 Å². The van der Waals surface area contributed by atoms with E-state index >= 15 is 0 Å². The van der Waals surface area contributed by atoms with Gasteiger partial charge in [-0.25, -0.2) is 4.98 Å². The number of allylic oxidation sites excluding steroid dienone is 3. The molecule has 3 heteroatoms. The number of aromatic nitrogens is 2. The summed E-state index contributed by atoms with van der Waals surface area (Å²) in [4.78, 5) is 7.61. The average molecular weight is 338 g/mol. The van der Waals surface area contributed by atoms with Crippen molar-refractivity contribution in [1.82, 2.24) is 9.97 Å². The number of rotatable bonds is 1. The van der Waals surface area contributed by atoms with Crippen LogP contribution in [0.5, 0.6) is 0 Å². The molecule has 0 saturated heterocycles. The smallest absolute Gasteiger partial charge is 0.0924 e. The van der Waals surface area contributed by atoms with Gasteiger partial charge in [0.1, 0.15) is 0 Å². The maximum absolute atomic E-state index is 10.1. The summed E-state index contributed by atoms with van der Waals surface area (Å²) in [6, 6.07) is 0. The van der Waals surface area contributed by atoms with Crippen molar-refractivity contribution in [3.63, 3.8) is 0 Å². The van der Waals surface area contributed by atoms with Crippen molar-refractivity contribution in [2.45, 2.75) is 64.9 Å². The molecule has 2 fully saturated rings. The zero-order chi connectivity index (χ0) is 17.2. The Kier molecular flexibility index (Phi) is 3.38. The number of nitrogens with one attached hydrogen (secondary N) is 1. The summed E-state index contributed by atoms with van der Waals surface area (Å²) in [7, 11) is 0. The SMILES string of the molecule is CC12CCC(O)CC1=CCC1C2CCC2(C)C(c3cnc[nH]3)=CCC12. The fraction of sp³-hybridized carbons (Fsp3) is 0.682. The predicted molar refractivity (Wildman–Crippen MR) is 99.7 cm³/mol. The second-order valence-corrected chi connectivity index (χ2v) is 9.43. The lowest BCUT2D eigenvalue weighted by atomic mass is 9.47. The van der Waals surface area contributed by atoms with Crippen molar-refractivity contribution in [2.75, 3.05) is 0 Å². The van der Waals surface area contributed by atoms with Gasteiger partial charge in [0, 0.05) is 0 Å². The van der Waals surface area contributed by atoms with Gasteiger partial charge in [-0.3, -0.25) is 0 Å². The number of aliphatic hydroxyl groups excluding tert-OH is 1. The summed E-state index contributed by atoms with van der Waals surface area (Å²) in [6.45, 7) is 5.00. The third-order valence-electron chi connectivity index (χ3n) is 8.45. The van der Waals surface area contributed by atoms with Gasteiger partial charge in [0.15, 0.2) is 0 Å². The Hall–Kier alpha value is -1.35. The standard InChI is InChI=1S/C22H30N2O/c1-21-9-7-15(25)11-14(21)3-4-16-17-5-6-19(20-12-23-13-24-20)22(17,2)10-8-18(16)21/h3,6,12-13,15-18,25H,4-5,7-11H2,1-2H3,(H,23,24). The van der Waals surface area contributed by atoms with Crippen LogP contribution in [0.1, 0.15) is 64.5 Å². The Labute approximate surface area is 150 Å². The molecule has 3 nitrogen and oxygen atoms in total. The first-order valence-corrected chi connectivity index (χ1v) is 10.1. The predicted octanol–water partition coefficient (Wildman–Crippen LogP) is 4.73. The lowest BCUT2D eigenvalue weighted by Gasteiger charge is -2.57. The minimum Gasteiger partial charge on any atom is -0.393 e. The molecular weight excluding hydrogens is 308 g/mol. The van der Waals surface area contributed by atoms with E-state index in [9.17, 15) is 5.11 Å². The first-order chi connectivity index (χ1) is 12.0. The lowest BCUT2D eigenvalue weighted by Crippen LogP contribution is -2.49. The summed E-state index contributed by atoms with van der Waals surface area (Å²) in [5, 5.41) is 10.1. The molecule has 4 aliphatic rings. The van der Waals surface area contributed by atoms with Crippen LogP contribution in [0.2, 0.25) is 0 Å². The number of aliphatic hydroxyl groups is 1. The number of fused-ring (bicyclic) bond motifs is 5. The highest BCUT2D eigenvalue weighted by Crippen LogP contribution is 2.66. The Balaban J connectivity index is 1.48. The highest BCUT2D eigenvalue weighted by Gasteiger charge is 2.56. The molecule has 0 spiro atoms. The van der Waals surface area contributed by atoms with Gasteiger partial charge in [-0.05, 0) is 79.1 Å². The van der Waals surface area contributed by atoms with Gasteiger partial charge in [0.05, 0.1) is 24.3 Å². The third kappa shape index (κ3) is 2.11. The van der Waals surface area contributed by atoms with Gasteiger partial charge < -0.3 is 10.1 Å². The van der Waals surface area contributed by atoms with Crippen LogP contribution in [0.3, 0.4) is 0 Å². The van der Waals surface area contributed by atoms with Crippen LogP contribution in [0.25, 0.3) is 5.57 Å². The van der Waals surface area contributed by atoms with E-state index in [4.69, 9.17) is 0 Å². The number of aromatic amines is 1. The van der Waals surface area contributed by atoms with Gasteiger partial charge in [0.25, 0.3) is 0 Å². The van der Waals surface area contributed by atoms with E-state index in [2.05, 4.69) is 36.0 Å². The molecule has 1 heterocycles. The van der Waals surface area contributed by atoms with Crippen LogP contribution in [0.4, 0.5) is 0 Å². The van der Waals surface area contributed by atoms with Gasteiger partial charge >= 0.3 is 0 Å². The largest absolute Gasteiger partial charge is 0.393 e. The zero-order valence-corrected chi connectivity index (χ0v) is 15.5. The molecule has 0 bridgehead atoms. The molecule has 0 aliphatic heterocycles. The molecule has 1 aromatic rings. The quantitative estimate of drug-likeness (QED) is 0.728. The molecule has 0 radical (unpaired) electrons. The number of hydrogen-bond donors (Lipinski definition) is 2. The van der Waals surface area contributed by atoms with Crippen molar-refractivity contribution >= 4 is 5.57 Å². The van der Waals surface area contributed by atoms with Gasteiger partial charge in [0.2, 0.25) is 0 Å². The third-order valence-corrected chi connectivity index (χ3v) is 8.45. The summed E-state index contributed by atoms with van der Waals surface area (Å²) < 4.78 is 0. The van der Waals surface area contributed by atoms with Crippen LogP contribution in [0, 0.1) is 28.6 Å². The Morgan fingerprint density at radius 2 is 1.92 bits per heavy atom. The molecule has 5 rings (SSSR count).